The fourth-order valence-electron chi connectivity index (χ4n) is 3.35. The topological polar surface area (TPSA) is 97.0 Å². The first-order valence-corrected chi connectivity index (χ1v) is 9.83. The van der Waals surface area contributed by atoms with Gasteiger partial charge in [-0.2, -0.15) is 4.98 Å². The van der Waals surface area contributed by atoms with Crippen LogP contribution >= 0.6 is 15.9 Å². The van der Waals surface area contributed by atoms with Gasteiger partial charge < -0.3 is 14.7 Å². The van der Waals surface area contributed by atoms with Gasteiger partial charge in [0.25, 0.3) is 11.8 Å². The van der Waals surface area contributed by atoms with Gasteiger partial charge in [0.1, 0.15) is 0 Å². The van der Waals surface area contributed by atoms with Gasteiger partial charge in [-0.3, -0.25) is 4.79 Å². The van der Waals surface area contributed by atoms with E-state index in [9.17, 15) is 4.79 Å². The van der Waals surface area contributed by atoms with Crippen molar-refractivity contribution in [3.8, 4) is 11.5 Å². The Hall–Kier alpha value is -2.81. The third-order valence-corrected chi connectivity index (χ3v) is 5.08. The Morgan fingerprint density at radius 3 is 2.86 bits per heavy atom. The van der Waals surface area contributed by atoms with Crippen molar-refractivity contribution in [2.75, 3.05) is 18.4 Å². The minimum atomic E-state index is -0.0347. The van der Waals surface area contributed by atoms with E-state index in [0.29, 0.717) is 41.9 Å². The number of carbonyl (C=O) groups is 1. The van der Waals surface area contributed by atoms with E-state index in [0.717, 1.165) is 17.3 Å². The molecule has 0 saturated carbocycles. The van der Waals surface area contributed by atoms with Gasteiger partial charge in [0.15, 0.2) is 5.82 Å². The molecule has 1 fully saturated rings. The first-order chi connectivity index (χ1) is 13.6. The Morgan fingerprint density at radius 1 is 1.32 bits per heavy atom. The molecule has 0 aliphatic carbocycles. The molecule has 3 heterocycles. The summed E-state index contributed by atoms with van der Waals surface area (Å²) in [6, 6.07) is 7.41. The van der Waals surface area contributed by atoms with Crippen molar-refractivity contribution in [2.24, 2.45) is 0 Å². The Balaban J connectivity index is 1.52. The highest BCUT2D eigenvalue weighted by Gasteiger charge is 2.31. The van der Waals surface area contributed by atoms with Gasteiger partial charge in [0.2, 0.25) is 5.95 Å². The number of nitrogens with zero attached hydrogens (tertiary/aromatic N) is 5. The molecule has 28 heavy (non-hydrogen) atoms. The van der Waals surface area contributed by atoms with Crippen LogP contribution in [0, 0.1) is 6.92 Å². The lowest BCUT2D eigenvalue weighted by atomic mass is 10.1. The molecule has 1 aromatic carbocycles. The highest BCUT2D eigenvalue weighted by Crippen LogP contribution is 2.27. The van der Waals surface area contributed by atoms with E-state index >= 15 is 0 Å². The van der Waals surface area contributed by atoms with Crippen molar-refractivity contribution in [1.29, 1.82) is 0 Å². The molecule has 1 aliphatic rings. The molecule has 1 saturated heterocycles. The number of benzene rings is 1. The molecule has 8 nitrogen and oxygen atoms in total. The predicted octanol–water partition coefficient (Wildman–Crippen LogP) is 3.31. The smallest absolute Gasteiger partial charge is 0.258 e. The summed E-state index contributed by atoms with van der Waals surface area (Å²) >= 11 is 3.32. The van der Waals surface area contributed by atoms with Crippen LogP contribution in [0.4, 0.5) is 5.95 Å². The maximum absolute atomic E-state index is 13.3. The number of hydrogen-bond acceptors (Lipinski definition) is 7. The quantitative estimate of drug-likeness (QED) is 0.646. The number of hydrogen-bond donors (Lipinski definition) is 1. The number of aryl methyl sites for hydroxylation is 1. The fourth-order valence-corrected chi connectivity index (χ4v) is 3.55. The summed E-state index contributed by atoms with van der Waals surface area (Å²) in [6.07, 6.45) is 5.27. The van der Waals surface area contributed by atoms with Crippen LogP contribution in [0.25, 0.3) is 11.5 Å². The number of likely N-dealkylation sites (tertiary alicyclic amines) is 1. The zero-order valence-electron chi connectivity index (χ0n) is 15.3. The van der Waals surface area contributed by atoms with Crippen molar-refractivity contribution in [3.05, 3.63) is 52.5 Å². The van der Waals surface area contributed by atoms with E-state index < -0.39 is 0 Å². The third kappa shape index (κ3) is 3.89. The fraction of sp³-hybridized carbons (Fsp3) is 0.316. The van der Waals surface area contributed by atoms with Crippen molar-refractivity contribution in [1.82, 2.24) is 25.0 Å². The van der Waals surface area contributed by atoms with Crippen molar-refractivity contribution in [2.45, 2.75) is 25.8 Å². The summed E-state index contributed by atoms with van der Waals surface area (Å²) in [7, 11) is 0. The van der Waals surface area contributed by atoms with Crippen LogP contribution in [0.2, 0.25) is 0 Å². The lowest BCUT2D eigenvalue weighted by Gasteiger charge is -2.25. The summed E-state index contributed by atoms with van der Waals surface area (Å²) in [5.74, 6) is 1.41. The number of anilines is 1. The molecular formula is C19H19BrN6O2. The zero-order chi connectivity index (χ0) is 19.5. The van der Waals surface area contributed by atoms with Crippen LogP contribution in [0.15, 0.2) is 45.7 Å². The molecule has 144 valence electrons. The Morgan fingerprint density at radius 2 is 2.11 bits per heavy atom. The number of carbonyl (C=O) groups excluding carboxylic acids is 1. The summed E-state index contributed by atoms with van der Waals surface area (Å²) in [4.78, 5) is 27.9. The van der Waals surface area contributed by atoms with Crippen LogP contribution in [0.3, 0.4) is 0 Å². The average molecular weight is 443 g/mol. The zero-order valence-corrected chi connectivity index (χ0v) is 16.9. The Kier molecular flexibility index (Phi) is 5.34. The van der Waals surface area contributed by atoms with Gasteiger partial charge in [-0.05, 0) is 47.8 Å². The molecule has 2 aromatic heterocycles. The molecule has 3 aromatic rings. The van der Waals surface area contributed by atoms with Gasteiger partial charge >= 0.3 is 0 Å². The Bertz CT molecular complexity index is 975. The second kappa shape index (κ2) is 8.05. The molecular weight excluding hydrogens is 424 g/mol. The van der Waals surface area contributed by atoms with E-state index in [4.69, 9.17) is 4.52 Å². The highest BCUT2D eigenvalue weighted by atomic mass is 79.9. The molecule has 0 bridgehead atoms. The molecule has 1 amide bonds. The number of halogens is 1. The predicted molar refractivity (Wildman–Crippen MR) is 107 cm³/mol. The first-order valence-electron chi connectivity index (χ1n) is 9.04. The van der Waals surface area contributed by atoms with Gasteiger partial charge in [0.05, 0.1) is 15.6 Å². The van der Waals surface area contributed by atoms with Gasteiger partial charge in [-0.25, -0.2) is 9.97 Å². The lowest BCUT2D eigenvalue weighted by molar-refractivity contribution is 0.0744. The standard InChI is InChI=1S/C19H19BrN6O2/c1-12-24-17(28-25-12)15-6-2-3-7-16(15)18(27)26-8-4-5-14(26)11-23-19-21-9-13(20)10-22-19/h2-3,6-7,9-10,14H,4-5,8,11H2,1H3,(H,21,22,23). The molecule has 1 unspecified atom stereocenters. The lowest BCUT2D eigenvalue weighted by Crippen LogP contribution is -2.40. The van der Waals surface area contributed by atoms with E-state index in [1.165, 1.54) is 0 Å². The van der Waals surface area contributed by atoms with Crippen LogP contribution in [-0.4, -0.2) is 50.0 Å². The number of nitrogens with one attached hydrogen (secondary N) is 1. The molecule has 9 heteroatoms. The van der Waals surface area contributed by atoms with E-state index in [-0.39, 0.29) is 11.9 Å². The number of amides is 1. The molecule has 4 rings (SSSR count). The minimum absolute atomic E-state index is 0.0347. The molecule has 1 aliphatic heterocycles. The van der Waals surface area contributed by atoms with Gasteiger partial charge in [-0.1, -0.05) is 17.3 Å². The van der Waals surface area contributed by atoms with Crippen molar-refractivity contribution >= 4 is 27.8 Å². The maximum atomic E-state index is 13.3. The normalized spacial score (nSPS) is 16.4. The van der Waals surface area contributed by atoms with Gasteiger partial charge in [-0.15, -0.1) is 0 Å². The molecule has 0 spiro atoms. The van der Waals surface area contributed by atoms with E-state index in [1.807, 2.05) is 23.1 Å². The molecule has 1 atom stereocenters. The van der Waals surface area contributed by atoms with Crippen LogP contribution in [0.1, 0.15) is 29.0 Å². The maximum Gasteiger partial charge on any atom is 0.258 e. The monoisotopic (exact) mass is 442 g/mol. The third-order valence-electron chi connectivity index (χ3n) is 4.67. The summed E-state index contributed by atoms with van der Waals surface area (Å²) in [5, 5.41) is 7.06. The van der Waals surface area contributed by atoms with Crippen LogP contribution in [-0.2, 0) is 0 Å². The SMILES string of the molecule is Cc1noc(-c2ccccc2C(=O)N2CCCC2CNc2ncc(Br)cn2)n1. The van der Waals surface area contributed by atoms with Crippen molar-refractivity contribution < 1.29 is 9.32 Å². The summed E-state index contributed by atoms with van der Waals surface area (Å²) in [5.41, 5.74) is 1.22. The Labute approximate surface area is 170 Å². The van der Waals surface area contributed by atoms with E-state index in [1.54, 1.807) is 25.4 Å². The van der Waals surface area contributed by atoms with Crippen LogP contribution < -0.4 is 5.32 Å². The highest BCUT2D eigenvalue weighted by molar-refractivity contribution is 9.10. The second-order valence-electron chi connectivity index (χ2n) is 6.59. The van der Waals surface area contributed by atoms with Crippen molar-refractivity contribution in [3.63, 3.8) is 0 Å². The number of aromatic nitrogens is 4. The average Bonchev–Trinajstić information content (AvgIpc) is 3.36. The molecule has 1 N–H and O–H groups in total. The number of rotatable bonds is 5. The van der Waals surface area contributed by atoms with Gasteiger partial charge in [0, 0.05) is 31.5 Å². The summed E-state index contributed by atoms with van der Waals surface area (Å²) < 4.78 is 6.10. The first kappa shape index (κ1) is 18.5. The molecule has 0 radical (unpaired) electrons. The van der Waals surface area contributed by atoms with E-state index in [2.05, 4.69) is 41.4 Å². The second-order valence-corrected chi connectivity index (χ2v) is 7.51. The summed E-state index contributed by atoms with van der Waals surface area (Å²) in [6.45, 7) is 3.06. The van der Waals surface area contributed by atoms with Crippen LogP contribution in [0.5, 0.6) is 0 Å². The minimum Gasteiger partial charge on any atom is -0.352 e. The largest absolute Gasteiger partial charge is 0.352 e.